The second-order valence-electron chi connectivity index (χ2n) is 4.26. The maximum atomic E-state index is 11.3. The van der Waals surface area contributed by atoms with Crippen LogP contribution >= 0.6 is 11.3 Å². The van der Waals surface area contributed by atoms with E-state index in [-0.39, 0.29) is 11.5 Å². The number of thiophene rings is 1. The molecular weight excluding hydrogens is 256 g/mol. The number of hydrogen-bond donors (Lipinski definition) is 1. The predicted octanol–water partition coefficient (Wildman–Crippen LogP) is 2.61. The van der Waals surface area contributed by atoms with Crippen LogP contribution in [0.2, 0.25) is 0 Å². The smallest absolute Gasteiger partial charge is 0.150 e. The summed E-state index contributed by atoms with van der Waals surface area (Å²) < 4.78 is 22.6. The van der Waals surface area contributed by atoms with E-state index < -0.39 is 15.9 Å². The van der Waals surface area contributed by atoms with Crippen molar-refractivity contribution in [1.29, 1.82) is 0 Å². The van der Waals surface area contributed by atoms with Gasteiger partial charge >= 0.3 is 0 Å². The summed E-state index contributed by atoms with van der Waals surface area (Å²) in [7, 11) is -2.91. The van der Waals surface area contributed by atoms with Crippen LogP contribution in [0, 0.1) is 13.8 Å². The average Bonchev–Trinajstić information content (AvgIpc) is 2.57. The maximum Gasteiger partial charge on any atom is 0.150 e. The van der Waals surface area contributed by atoms with E-state index in [9.17, 15) is 13.5 Å². The van der Waals surface area contributed by atoms with E-state index in [1.165, 1.54) is 4.88 Å². The number of hydrogen-bond acceptors (Lipinski definition) is 4. The van der Waals surface area contributed by atoms with Crippen molar-refractivity contribution in [1.82, 2.24) is 0 Å². The largest absolute Gasteiger partial charge is 0.388 e. The number of aliphatic hydroxyl groups is 1. The van der Waals surface area contributed by atoms with Gasteiger partial charge in [-0.25, -0.2) is 8.42 Å². The molecule has 0 aliphatic carbocycles. The van der Waals surface area contributed by atoms with Crippen molar-refractivity contribution in [3.63, 3.8) is 0 Å². The molecule has 3 nitrogen and oxygen atoms in total. The molecule has 17 heavy (non-hydrogen) atoms. The summed E-state index contributed by atoms with van der Waals surface area (Å²) in [6, 6.07) is 1.99. The Morgan fingerprint density at radius 3 is 2.53 bits per heavy atom. The highest BCUT2D eigenvalue weighted by atomic mass is 32.2. The van der Waals surface area contributed by atoms with Gasteiger partial charge in [0.1, 0.15) is 9.84 Å². The highest BCUT2D eigenvalue weighted by Gasteiger charge is 2.14. The van der Waals surface area contributed by atoms with E-state index in [2.05, 4.69) is 0 Å². The van der Waals surface area contributed by atoms with Crippen molar-refractivity contribution in [2.45, 2.75) is 39.7 Å². The van der Waals surface area contributed by atoms with Gasteiger partial charge in [0.25, 0.3) is 0 Å². The van der Waals surface area contributed by atoms with Crippen LogP contribution in [0.5, 0.6) is 0 Å². The predicted molar refractivity (Wildman–Crippen MR) is 72.3 cm³/mol. The molecule has 1 N–H and O–H groups in total. The third-order valence-corrected chi connectivity index (χ3v) is 5.58. The fourth-order valence-corrected chi connectivity index (χ4v) is 3.65. The molecule has 1 atom stereocenters. The van der Waals surface area contributed by atoms with Crippen molar-refractivity contribution in [2.24, 2.45) is 0 Å². The Morgan fingerprint density at radius 2 is 2.06 bits per heavy atom. The van der Waals surface area contributed by atoms with Crippen LogP contribution in [0.3, 0.4) is 0 Å². The third-order valence-electron chi connectivity index (χ3n) is 2.81. The summed E-state index contributed by atoms with van der Waals surface area (Å²) in [5.41, 5.74) is 0.946. The van der Waals surface area contributed by atoms with Gasteiger partial charge in [-0.05, 0) is 38.3 Å². The van der Waals surface area contributed by atoms with Gasteiger partial charge in [0, 0.05) is 15.5 Å². The van der Waals surface area contributed by atoms with E-state index in [1.54, 1.807) is 18.3 Å². The minimum absolute atomic E-state index is 0.169. The third kappa shape index (κ3) is 4.41. The van der Waals surface area contributed by atoms with Crippen molar-refractivity contribution in [3.8, 4) is 0 Å². The first-order valence-electron chi connectivity index (χ1n) is 5.81. The Hall–Kier alpha value is -0.390. The lowest BCUT2D eigenvalue weighted by Gasteiger charge is -2.10. The first-order valence-corrected chi connectivity index (χ1v) is 8.45. The summed E-state index contributed by atoms with van der Waals surface area (Å²) in [5, 5.41) is 10.00. The molecule has 1 rings (SSSR count). The molecule has 0 saturated carbocycles. The summed E-state index contributed by atoms with van der Waals surface area (Å²) in [6.45, 7) is 5.65. The first kappa shape index (κ1) is 14.7. The zero-order valence-electron chi connectivity index (χ0n) is 10.6. The van der Waals surface area contributed by atoms with Gasteiger partial charge in [0.2, 0.25) is 0 Å². The van der Waals surface area contributed by atoms with Crippen LogP contribution in [-0.4, -0.2) is 25.0 Å². The first-order chi connectivity index (χ1) is 7.85. The molecule has 0 bridgehead atoms. The lowest BCUT2D eigenvalue weighted by Crippen LogP contribution is -2.10. The SMILES string of the molecule is CCS(=O)(=O)CCCC(O)c1cc(C)sc1C. The molecule has 0 amide bonds. The molecule has 5 heteroatoms. The molecular formula is C12H20O3S2. The lowest BCUT2D eigenvalue weighted by atomic mass is 10.1. The maximum absolute atomic E-state index is 11.3. The molecule has 0 aliphatic rings. The number of aryl methyl sites for hydroxylation is 2. The van der Waals surface area contributed by atoms with Crippen LogP contribution < -0.4 is 0 Å². The second-order valence-corrected chi connectivity index (χ2v) is 8.20. The standard InChI is InChI=1S/C12H20O3S2/c1-4-17(14,15)7-5-6-12(13)11-8-9(2)16-10(11)3/h8,12-13H,4-7H2,1-3H3. The Morgan fingerprint density at radius 1 is 1.41 bits per heavy atom. The minimum Gasteiger partial charge on any atom is -0.388 e. The molecule has 0 spiro atoms. The Kier molecular flexibility index (Phi) is 5.16. The van der Waals surface area contributed by atoms with Crippen LogP contribution in [0.4, 0.5) is 0 Å². The van der Waals surface area contributed by atoms with Crippen LogP contribution in [0.1, 0.15) is 41.2 Å². The van der Waals surface area contributed by atoms with E-state index in [0.29, 0.717) is 12.8 Å². The molecule has 1 unspecified atom stereocenters. The van der Waals surface area contributed by atoms with Gasteiger partial charge in [-0.3, -0.25) is 0 Å². The van der Waals surface area contributed by atoms with Gasteiger partial charge in [0.05, 0.1) is 11.9 Å². The molecule has 98 valence electrons. The van der Waals surface area contributed by atoms with Crippen molar-refractivity contribution >= 4 is 21.2 Å². The monoisotopic (exact) mass is 276 g/mol. The van der Waals surface area contributed by atoms with E-state index in [1.807, 2.05) is 19.9 Å². The zero-order valence-corrected chi connectivity index (χ0v) is 12.2. The minimum atomic E-state index is -2.91. The molecule has 0 aliphatic heterocycles. The van der Waals surface area contributed by atoms with Gasteiger partial charge in [-0.2, -0.15) is 0 Å². The highest BCUT2D eigenvalue weighted by molar-refractivity contribution is 7.91. The molecule has 1 heterocycles. The number of rotatable bonds is 6. The Labute approximate surface area is 107 Å². The molecule has 0 aromatic carbocycles. The topological polar surface area (TPSA) is 54.4 Å². The summed E-state index contributed by atoms with van der Waals surface area (Å²) >= 11 is 1.66. The Bertz CT molecular complexity index is 460. The van der Waals surface area contributed by atoms with Crippen molar-refractivity contribution in [3.05, 3.63) is 21.4 Å². The summed E-state index contributed by atoms with van der Waals surface area (Å²) in [5.74, 6) is 0.350. The lowest BCUT2D eigenvalue weighted by molar-refractivity contribution is 0.166. The van der Waals surface area contributed by atoms with E-state index >= 15 is 0 Å². The van der Waals surface area contributed by atoms with Crippen LogP contribution in [0.25, 0.3) is 0 Å². The molecule has 1 aromatic rings. The van der Waals surface area contributed by atoms with Crippen LogP contribution in [-0.2, 0) is 9.84 Å². The molecule has 0 fully saturated rings. The van der Waals surface area contributed by atoms with Gasteiger partial charge in [-0.1, -0.05) is 6.92 Å². The number of sulfone groups is 1. The normalized spacial score (nSPS) is 13.9. The summed E-state index contributed by atoms with van der Waals surface area (Å²) in [6.07, 6.45) is 0.495. The highest BCUT2D eigenvalue weighted by Crippen LogP contribution is 2.28. The van der Waals surface area contributed by atoms with Gasteiger partial charge in [-0.15, -0.1) is 11.3 Å². The fourth-order valence-electron chi connectivity index (χ4n) is 1.78. The fraction of sp³-hybridized carbons (Fsp3) is 0.667. The number of aliphatic hydroxyl groups excluding tert-OH is 1. The van der Waals surface area contributed by atoms with Crippen molar-refractivity contribution in [2.75, 3.05) is 11.5 Å². The second kappa shape index (κ2) is 5.98. The summed E-state index contributed by atoms with van der Waals surface area (Å²) in [4.78, 5) is 2.30. The van der Waals surface area contributed by atoms with Crippen molar-refractivity contribution < 1.29 is 13.5 Å². The average molecular weight is 276 g/mol. The molecule has 0 radical (unpaired) electrons. The van der Waals surface area contributed by atoms with Crippen LogP contribution in [0.15, 0.2) is 6.07 Å². The molecule has 0 saturated heterocycles. The molecule has 1 aromatic heterocycles. The van der Waals surface area contributed by atoms with Gasteiger partial charge < -0.3 is 5.11 Å². The van der Waals surface area contributed by atoms with Gasteiger partial charge in [0.15, 0.2) is 0 Å². The quantitative estimate of drug-likeness (QED) is 0.869. The zero-order chi connectivity index (χ0) is 13.1. The Balaban J connectivity index is 2.51. The van der Waals surface area contributed by atoms with E-state index in [4.69, 9.17) is 0 Å². The van der Waals surface area contributed by atoms with E-state index in [0.717, 1.165) is 10.4 Å².